The van der Waals surface area contributed by atoms with Gasteiger partial charge in [-0.15, -0.1) is 0 Å². The molecule has 2 N–H and O–H groups in total. The molecule has 0 fully saturated rings. The maximum Gasteiger partial charge on any atom is 0.259 e. The van der Waals surface area contributed by atoms with Gasteiger partial charge < -0.3 is 5.11 Å². The first-order valence-corrected chi connectivity index (χ1v) is 6.88. The van der Waals surface area contributed by atoms with Gasteiger partial charge in [0.2, 0.25) is 0 Å². The Hall–Kier alpha value is -0.630. The summed E-state index contributed by atoms with van der Waals surface area (Å²) in [6.45, 7) is 3.27. The Bertz CT molecular complexity index is 476. The first kappa shape index (κ1) is 14.4. The molecule has 0 atom stereocenters. The molecule has 0 bridgehead atoms. The Labute approximate surface area is 106 Å². The quantitative estimate of drug-likeness (QED) is 0.824. The zero-order valence-electron chi connectivity index (χ0n) is 9.94. The molecular weight excluding hydrogens is 266 g/mol. The number of aryl methyl sites for hydroxylation is 1. The minimum absolute atomic E-state index is 0.0693. The fraction of sp³-hybridized carbons (Fsp3) is 0.667. The number of hydrogen-bond donors (Lipinski definition) is 2. The van der Waals surface area contributed by atoms with Gasteiger partial charge in [0.15, 0.2) is 5.03 Å². The number of halogens is 1. The number of hydrogen-bond acceptors (Lipinski definition) is 4. The molecule has 0 unspecified atom stereocenters. The Morgan fingerprint density at radius 3 is 2.59 bits per heavy atom. The standard InChI is InChI=1S/C9H16ClN3O3S/c1-9(2,4-5-14)12-17(15,16)8-7(10)6-11-13(8)3/h6,12,14H,4-5H2,1-3H3. The fourth-order valence-corrected chi connectivity index (χ4v) is 3.55. The summed E-state index contributed by atoms with van der Waals surface area (Å²) < 4.78 is 27.9. The van der Waals surface area contributed by atoms with Crippen molar-refractivity contribution in [1.29, 1.82) is 0 Å². The zero-order valence-corrected chi connectivity index (χ0v) is 11.5. The molecule has 0 amide bonds. The van der Waals surface area contributed by atoms with Crippen LogP contribution in [-0.4, -0.2) is 35.5 Å². The van der Waals surface area contributed by atoms with Gasteiger partial charge >= 0.3 is 0 Å². The second kappa shape index (κ2) is 4.93. The molecule has 0 aliphatic rings. The highest BCUT2D eigenvalue weighted by atomic mass is 35.5. The van der Waals surface area contributed by atoms with Gasteiger partial charge in [-0.05, 0) is 20.3 Å². The van der Waals surface area contributed by atoms with Crippen LogP contribution in [0.1, 0.15) is 20.3 Å². The van der Waals surface area contributed by atoms with Crippen LogP contribution in [0.5, 0.6) is 0 Å². The minimum Gasteiger partial charge on any atom is -0.396 e. The normalized spacial score (nSPS) is 13.0. The fourth-order valence-electron chi connectivity index (χ4n) is 1.44. The molecule has 0 saturated heterocycles. The van der Waals surface area contributed by atoms with Crippen LogP contribution in [-0.2, 0) is 17.1 Å². The van der Waals surface area contributed by atoms with Gasteiger partial charge in [-0.25, -0.2) is 13.1 Å². The van der Waals surface area contributed by atoms with Crippen LogP contribution in [0.4, 0.5) is 0 Å². The molecule has 0 saturated carbocycles. The van der Waals surface area contributed by atoms with E-state index in [2.05, 4.69) is 9.82 Å². The van der Waals surface area contributed by atoms with E-state index in [1.165, 1.54) is 17.9 Å². The lowest BCUT2D eigenvalue weighted by atomic mass is 10.0. The van der Waals surface area contributed by atoms with Gasteiger partial charge in [0.05, 0.1) is 11.2 Å². The monoisotopic (exact) mass is 281 g/mol. The summed E-state index contributed by atoms with van der Waals surface area (Å²) in [7, 11) is -2.25. The van der Waals surface area contributed by atoms with Gasteiger partial charge in [0, 0.05) is 19.2 Å². The average Bonchev–Trinajstić information content (AvgIpc) is 2.43. The molecule has 1 aromatic heterocycles. The summed E-state index contributed by atoms with van der Waals surface area (Å²) >= 11 is 5.78. The van der Waals surface area contributed by atoms with Gasteiger partial charge in [-0.3, -0.25) is 4.68 Å². The van der Waals surface area contributed by atoms with Crippen LogP contribution in [0.25, 0.3) is 0 Å². The number of aromatic nitrogens is 2. The third kappa shape index (κ3) is 3.41. The average molecular weight is 282 g/mol. The molecule has 1 rings (SSSR count). The van der Waals surface area contributed by atoms with Crippen LogP contribution < -0.4 is 4.72 Å². The topological polar surface area (TPSA) is 84.2 Å². The van der Waals surface area contributed by atoms with Crippen molar-refractivity contribution < 1.29 is 13.5 Å². The van der Waals surface area contributed by atoms with Crippen LogP contribution >= 0.6 is 11.6 Å². The van der Waals surface area contributed by atoms with E-state index in [0.29, 0.717) is 6.42 Å². The number of rotatable bonds is 5. The lowest BCUT2D eigenvalue weighted by Gasteiger charge is -2.24. The number of aliphatic hydroxyl groups excluding tert-OH is 1. The van der Waals surface area contributed by atoms with E-state index in [1.54, 1.807) is 13.8 Å². The van der Waals surface area contributed by atoms with E-state index in [1.807, 2.05) is 0 Å². The highest BCUT2D eigenvalue weighted by Gasteiger charge is 2.29. The molecule has 0 aliphatic carbocycles. The maximum absolute atomic E-state index is 12.1. The number of sulfonamides is 1. The van der Waals surface area contributed by atoms with Crippen molar-refractivity contribution in [2.24, 2.45) is 7.05 Å². The minimum atomic E-state index is -3.75. The highest BCUT2D eigenvalue weighted by Crippen LogP contribution is 2.22. The maximum atomic E-state index is 12.1. The summed E-state index contributed by atoms with van der Waals surface area (Å²) in [4.78, 5) is 0. The molecule has 98 valence electrons. The van der Waals surface area contributed by atoms with Crippen LogP contribution in [0.15, 0.2) is 11.2 Å². The summed E-state index contributed by atoms with van der Waals surface area (Å²) in [5.74, 6) is 0. The van der Waals surface area contributed by atoms with Crippen molar-refractivity contribution >= 4 is 21.6 Å². The number of aliphatic hydroxyl groups is 1. The van der Waals surface area contributed by atoms with Gasteiger partial charge in [0.25, 0.3) is 10.0 Å². The van der Waals surface area contributed by atoms with E-state index in [-0.39, 0.29) is 16.7 Å². The molecule has 0 spiro atoms. The SMILES string of the molecule is Cn1ncc(Cl)c1S(=O)(=O)NC(C)(C)CCO. The Morgan fingerprint density at radius 1 is 1.59 bits per heavy atom. The Kier molecular flexibility index (Phi) is 4.19. The van der Waals surface area contributed by atoms with Gasteiger partial charge in [-0.2, -0.15) is 5.10 Å². The predicted octanol–water partition coefficient (Wildman–Crippen LogP) is 0.513. The predicted molar refractivity (Wildman–Crippen MR) is 64.3 cm³/mol. The summed E-state index contributed by atoms with van der Waals surface area (Å²) in [5.41, 5.74) is -0.749. The van der Waals surface area contributed by atoms with Crippen LogP contribution in [0, 0.1) is 0 Å². The smallest absolute Gasteiger partial charge is 0.259 e. The summed E-state index contributed by atoms with van der Waals surface area (Å²) in [5, 5.41) is 12.6. The van der Waals surface area contributed by atoms with Crippen LogP contribution in [0.2, 0.25) is 5.02 Å². The highest BCUT2D eigenvalue weighted by molar-refractivity contribution is 7.89. The third-order valence-electron chi connectivity index (χ3n) is 2.24. The molecule has 6 nitrogen and oxygen atoms in total. The first-order valence-electron chi connectivity index (χ1n) is 5.02. The Morgan fingerprint density at radius 2 is 2.18 bits per heavy atom. The lowest BCUT2D eigenvalue weighted by molar-refractivity contribution is 0.245. The van der Waals surface area contributed by atoms with E-state index >= 15 is 0 Å². The van der Waals surface area contributed by atoms with E-state index in [4.69, 9.17) is 16.7 Å². The number of nitrogens with zero attached hydrogens (tertiary/aromatic N) is 2. The van der Waals surface area contributed by atoms with Crippen molar-refractivity contribution in [2.75, 3.05) is 6.61 Å². The van der Waals surface area contributed by atoms with Crippen molar-refractivity contribution in [2.45, 2.75) is 30.8 Å². The lowest BCUT2D eigenvalue weighted by Crippen LogP contribution is -2.44. The van der Waals surface area contributed by atoms with E-state index < -0.39 is 15.6 Å². The number of nitrogens with one attached hydrogen (secondary N) is 1. The molecule has 8 heteroatoms. The van der Waals surface area contributed by atoms with Crippen molar-refractivity contribution in [1.82, 2.24) is 14.5 Å². The van der Waals surface area contributed by atoms with Crippen molar-refractivity contribution in [3.8, 4) is 0 Å². The summed E-state index contributed by atoms with van der Waals surface area (Å²) in [6.07, 6.45) is 1.58. The molecule has 0 aliphatic heterocycles. The molecular formula is C9H16ClN3O3S. The van der Waals surface area contributed by atoms with Crippen molar-refractivity contribution in [3.05, 3.63) is 11.2 Å². The van der Waals surface area contributed by atoms with Gasteiger partial charge in [0.1, 0.15) is 0 Å². The Balaban J connectivity index is 3.06. The molecule has 0 aromatic carbocycles. The molecule has 1 heterocycles. The van der Waals surface area contributed by atoms with Gasteiger partial charge in [-0.1, -0.05) is 11.6 Å². The molecule has 17 heavy (non-hydrogen) atoms. The summed E-state index contributed by atoms with van der Waals surface area (Å²) in [6, 6.07) is 0. The van der Waals surface area contributed by atoms with E-state index in [9.17, 15) is 8.42 Å². The van der Waals surface area contributed by atoms with E-state index in [0.717, 1.165) is 0 Å². The second-order valence-corrected chi connectivity index (χ2v) is 6.39. The third-order valence-corrected chi connectivity index (χ3v) is 4.45. The first-order chi connectivity index (χ1) is 7.69. The molecule has 0 radical (unpaired) electrons. The van der Waals surface area contributed by atoms with Crippen LogP contribution in [0.3, 0.4) is 0 Å². The second-order valence-electron chi connectivity index (χ2n) is 4.38. The van der Waals surface area contributed by atoms with Crippen molar-refractivity contribution in [3.63, 3.8) is 0 Å². The molecule has 1 aromatic rings. The zero-order chi connectivity index (χ0) is 13.3. The largest absolute Gasteiger partial charge is 0.396 e.